The first-order chi connectivity index (χ1) is 17.2. The zero-order valence-corrected chi connectivity index (χ0v) is 25.0. The summed E-state index contributed by atoms with van der Waals surface area (Å²) in [6, 6.07) is 0.379. The van der Waals surface area contributed by atoms with E-state index < -0.39 is 0 Å². The number of carbonyl (C=O) groups is 1. The van der Waals surface area contributed by atoms with Crippen LogP contribution in [0.4, 0.5) is 0 Å². The number of hydrogen-bond donors (Lipinski definition) is 1. The summed E-state index contributed by atoms with van der Waals surface area (Å²) < 4.78 is 0. The highest BCUT2D eigenvalue weighted by atomic mass is 16.7. The van der Waals surface area contributed by atoms with E-state index in [9.17, 15) is 4.79 Å². The van der Waals surface area contributed by atoms with Gasteiger partial charge in [-0.2, -0.15) is 0 Å². The van der Waals surface area contributed by atoms with E-state index in [1.54, 1.807) is 0 Å². The first kappa shape index (κ1) is 31.6. The van der Waals surface area contributed by atoms with Crippen LogP contribution < -0.4 is 5.32 Å². The third-order valence-electron chi connectivity index (χ3n) is 8.47. The summed E-state index contributed by atoms with van der Waals surface area (Å²) >= 11 is 0. The molecule has 1 unspecified atom stereocenters. The Balaban J connectivity index is 1.52. The van der Waals surface area contributed by atoms with Gasteiger partial charge in [0, 0.05) is 30.1 Å². The van der Waals surface area contributed by atoms with E-state index in [2.05, 4.69) is 45.0 Å². The van der Waals surface area contributed by atoms with Crippen molar-refractivity contribution in [1.29, 1.82) is 0 Å². The molecule has 0 amide bonds. The standard InChI is InChI=1S/C32H62N2O2/c1-6-7-8-9-10-11-12-13-14-15-16-17-18-19-20-24-30(35)36-34-25-22-21-23-29(34)28-26-31(2,3)33-32(4,5)27-28/h28-29,33H,6-27H2,1-5H3. The molecule has 2 rings (SSSR count). The minimum Gasteiger partial charge on any atom is -0.368 e. The van der Waals surface area contributed by atoms with Gasteiger partial charge in [-0.1, -0.05) is 103 Å². The van der Waals surface area contributed by atoms with Crippen molar-refractivity contribution in [1.82, 2.24) is 10.4 Å². The van der Waals surface area contributed by atoms with Crippen molar-refractivity contribution >= 4 is 5.97 Å². The molecule has 2 aliphatic rings. The number of unbranched alkanes of at least 4 members (excludes halogenated alkanes) is 14. The molecule has 4 heteroatoms. The molecule has 2 heterocycles. The van der Waals surface area contributed by atoms with E-state index in [1.165, 1.54) is 89.9 Å². The van der Waals surface area contributed by atoms with Gasteiger partial charge in [-0.15, -0.1) is 5.06 Å². The normalized spacial score (nSPS) is 22.5. The summed E-state index contributed by atoms with van der Waals surface area (Å²) in [7, 11) is 0. The van der Waals surface area contributed by atoms with Gasteiger partial charge in [-0.25, -0.2) is 0 Å². The van der Waals surface area contributed by atoms with Gasteiger partial charge in [0.05, 0.1) is 0 Å². The average molecular weight is 507 g/mol. The van der Waals surface area contributed by atoms with Crippen LogP contribution in [0.3, 0.4) is 0 Å². The lowest BCUT2D eigenvalue weighted by atomic mass is 9.71. The van der Waals surface area contributed by atoms with Gasteiger partial charge in [0.25, 0.3) is 0 Å². The fourth-order valence-corrected chi connectivity index (χ4v) is 7.01. The summed E-state index contributed by atoms with van der Waals surface area (Å²) in [6.45, 7) is 12.5. The Kier molecular flexibility index (Phi) is 15.0. The number of nitrogens with one attached hydrogen (secondary N) is 1. The smallest absolute Gasteiger partial charge is 0.325 e. The molecule has 2 aliphatic heterocycles. The fourth-order valence-electron chi connectivity index (χ4n) is 7.01. The Bertz CT molecular complexity index is 573. The van der Waals surface area contributed by atoms with Crippen molar-refractivity contribution in [2.45, 2.75) is 187 Å². The number of carbonyl (C=O) groups excluding carboxylic acids is 1. The molecule has 0 bridgehead atoms. The summed E-state index contributed by atoms with van der Waals surface area (Å²) in [5, 5.41) is 5.88. The number of nitrogens with zero attached hydrogens (tertiary/aromatic N) is 1. The first-order valence-corrected chi connectivity index (χ1v) is 16.0. The average Bonchev–Trinajstić information content (AvgIpc) is 2.80. The Morgan fingerprint density at radius 1 is 0.750 bits per heavy atom. The molecule has 4 nitrogen and oxygen atoms in total. The lowest BCUT2D eigenvalue weighted by molar-refractivity contribution is -0.217. The van der Waals surface area contributed by atoms with Crippen molar-refractivity contribution < 1.29 is 9.63 Å². The maximum absolute atomic E-state index is 12.7. The molecule has 0 aliphatic carbocycles. The monoisotopic (exact) mass is 506 g/mol. The number of hydrogen-bond acceptors (Lipinski definition) is 4. The second-order valence-electron chi connectivity index (χ2n) is 13.4. The lowest BCUT2D eigenvalue weighted by Crippen LogP contribution is -2.61. The molecule has 1 atom stereocenters. The molecule has 0 aromatic rings. The van der Waals surface area contributed by atoms with Gasteiger partial charge in [-0.05, 0) is 65.7 Å². The second kappa shape index (κ2) is 17.1. The number of hydroxylamine groups is 2. The largest absolute Gasteiger partial charge is 0.368 e. The van der Waals surface area contributed by atoms with Crippen LogP contribution in [0.1, 0.15) is 169 Å². The minimum absolute atomic E-state index is 0.0101. The van der Waals surface area contributed by atoms with Gasteiger partial charge in [0.15, 0.2) is 0 Å². The van der Waals surface area contributed by atoms with E-state index in [0.717, 1.165) is 45.1 Å². The molecule has 36 heavy (non-hydrogen) atoms. The van der Waals surface area contributed by atoms with E-state index in [1.807, 2.05) is 0 Å². The van der Waals surface area contributed by atoms with Gasteiger partial charge in [0.2, 0.25) is 0 Å². The molecular formula is C32H62N2O2. The first-order valence-electron chi connectivity index (χ1n) is 16.0. The van der Waals surface area contributed by atoms with Crippen LogP contribution in [0.2, 0.25) is 0 Å². The predicted octanol–water partition coefficient (Wildman–Crippen LogP) is 9.12. The third kappa shape index (κ3) is 13.3. The van der Waals surface area contributed by atoms with Gasteiger partial charge in [-0.3, -0.25) is 4.79 Å². The zero-order chi connectivity index (χ0) is 26.3. The minimum atomic E-state index is -0.0101. The van der Waals surface area contributed by atoms with E-state index in [0.29, 0.717) is 18.4 Å². The Hall–Kier alpha value is -0.610. The molecule has 0 saturated carbocycles. The van der Waals surface area contributed by atoms with E-state index in [4.69, 9.17) is 4.84 Å². The third-order valence-corrected chi connectivity index (χ3v) is 8.47. The topological polar surface area (TPSA) is 41.6 Å². The van der Waals surface area contributed by atoms with Gasteiger partial charge in [0.1, 0.15) is 0 Å². The molecule has 0 radical (unpaired) electrons. The molecular weight excluding hydrogens is 444 g/mol. The molecule has 212 valence electrons. The van der Waals surface area contributed by atoms with Crippen LogP contribution in [0, 0.1) is 5.92 Å². The van der Waals surface area contributed by atoms with Crippen molar-refractivity contribution in [3.05, 3.63) is 0 Å². The zero-order valence-electron chi connectivity index (χ0n) is 25.0. The van der Waals surface area contributed by atoms with Crippen molar-refractivity contribution in [2.24, 2.45) is 5.92 Å². The molecule has 0 aromatic carbocycles. The number of piperidine rings is 2. The second-order valence-corrected chi connectivity index (χ2v) is 13.4. The Morgan fingerprint density at radius 3 is 1.72 bits per heavy atom. The maximum atomic E-state index is 12.7. The molecule has 2 fully saturated rings. The van der Waals surface area contributed by atoms with E-state index in [-0.39, 0.29) is 17.0 Å². The molecule has 0 spiro atoms. The maximum Gasteiger partial charge on any atom is 0.325 e. The highest BCUT2D eigenvalue weighted by molar-refractivity contribution is 5.68. The van der Waals surface area contributed by atoms with E-state index >= 15 is 0 Å². The van der Waals surface area contributed by atoms with Gasteiger partial charge >= 0.3 is 5.97 Å². The summed E-state index contributed by atoms with van der Waals surface area (Å²) in [6.07, 6.45) is 26.6. The summed E-state index contributed by atoms with van der Waals surface area (Å²) in [4.78, 5) is 18.6. The Labute approximate surface area is 225 Å². The molecule has 1 N–H and O–H groups in total. The fraction of sp³-hybridized carbons (Fsp3) is 0.969. The quantitative estimate of drug-likeness (QED) is 0.188. The highest BCUT2D eigenvalue weighted by Gasteiger charge is 2.43. The summed E-state index contributed by atoms with van der Waals surface area (Å²) in [5.74, 6) is 0.569. The Morgan fingerprint density at radius 2 is 1.22 bits per heavy atom. The van der Waals surface area contributed by atoms with Crippen LogP contribution in [-0.2, 0) is 9.63 Å². The molecule has 2 saturated heterocycles. The summed E-state index contributed by atoms with van der Waals surface area (Å²) in [5.41, 5.74) is 0.265. The number of rotatable bonds is 18. The van der Waals surface area contributed by atoms with Crippen molar-refractivity contribution in [2.75, 3.05) is 6.54 Å². The highest BCUT2D eigenvalue weighted by Crippen LogP contribution is 2.39. The van der Waals surface area contributed by atoms with Crippen LogP contribution in [0.5, 0.6) is 0 Å². The lowest BCUT2D eigenvalue weighted by Gasteiger charge is -2.50. The van der Waals surface area contributed by atoms with Crippen molar-refractivity contribution in [3.63, 3.8) is 0 Å². The van der Waals surface area contributed by atoms with Gasteiger partial charge < -0.3 is 10.2 Å². The van der Waals surface area contributed by atoms with Crippen molar-refractivity contribution in [3.8, 4) is 0 Å². The van der Waals surface area contributed by atoms with Crippen LogP contribution >= 0.6 is 0 Å². The van der Waals surface area contributed by atoms with Crippen LogP contribution in [0.25, 0.3) is 0 Å². The SMILES string of the molecule is CCCCCCCCCCCCCCCCCC(=O)ON1CCCCC1C1CC(C)(C)NC(C)(C)C1. The van der Waals surface area contributed by atoms with Crippen LogP contribution in [-0.4, -0.2) is 34.7 Å². The predicted molar refractivity (Wildman–Crippen MR) is 154 cm³/mol. The molecule has 0 aromatic heterocycles. The van der Waals surface area contributed by atoms with Crippen LogP contribution in [0.15, 0.2) is 0 Å².